The molecule has 5 heteroatoms. The van der Waals surface area contributed by atoms with Gasteiger partial charge in [0.15, 0.2) is 0 Å². The quantitative estimate of drug-likeness (QED) is 0.944. The number of nitrogen functional groups attached to an aromatic ring is 1. The number of hydrogen-bond acceptors (Lipinski definition) is 3. The molecule has 1 heterocycles. The van der Waals surface area contributed by atoms with Crippen LogP contribution in [0.15, 0.2) is 22.7 Å². The lowest BCUT2D eigenvalue weighted by atomic mass is 10.2. The van der Waals surface area contributed by atoms with Crippen molar-refractivity contribution in [1.82, 2.24) is 9.78 Å². The van der Waals surface area contributed by atoms with Crippen LogP contribution in [0.25, 0.3) is 5.69 Å². The van der Waals surface area contributed by atoms with Gasteiger partial charge in [-0.2, -0.15) is 10.4 Å². The summed E-state index contributed by atoms with van der Waals surface area (Å²) in [5.74, 6) is 0. The van der Waals surface area contributed by atoms with Crippen molar-refractivity contribution in [1.29, 1.82) is 5.26 Å². The minimum atomic E-state index is 0.578. The van der Waals surface area contributed by atoms with Gasteiger partial charge in [-0.3, -0.25) is 0 Å². The van der Waals surface area contributed by atoms with Crippen LogP contribution in [0.4, 0.5) is 5.69 Å². The Kier molecular flexibility index (Phi) is 3.91. The number of nitrogens with two attached hydrogens (primary N) is 1. The maximum atomic E-state index is 9.26. The Bertz CT molecular complexity index is 652. The van der Waals surface area contributed by atoms with Gasteiger partial charge < -0.3 is 5.73 Å². The number of aromatic nitrogens is 2. The lowest BCUT2D eigenvalue weighted by Gasteiger charge is -2.08. The second-order valence-corrected chi connectivity index (χ2v) is 5.11. The molecule has 2 aromatic rings. The fourth-order valence-corrected chi connectivity index (χ4v) is 2.46. The van der Waals surface area contributed by atoms with Gasteiger partial charge in [-0.05, 0) is 31.0 Å². The second-order valence-electron chi connectivity index (χ2n) is 4.20. The molecule has 0 atom stereocenters. The number of anilines is 1. The third kappa shape index (κ3) is 2.36. The average Bonchev–Trinajstić information content (AvgIpc) is 2.74. The molecule has 0 amide bonds. The van der Waals surface area contributed by atoms with Crippen molar-refractivity contribution >= 4 is 21.6 Å². The second kappa shape index (κ2) is 5.45. The smallest absolute Gasteiger partial charge is 0.101 e. The van der Waals surface area contributed by atoms with E-state index in [9.17, 15) is 5.26 Å². The van der Waals surface area contributed by atoms with Crippen LogP contribution in [0.3, 0.4) is 0 Å². The Balaban J connectivity index is 2.69. The molecule has 98 valence electrons. The third-order valence-corrected chi connectivity index (χ3v) is 3.57. The van der Waals surface area contributed by atoms with Gasteiger partial charge in [0.1, 0.15) is 6.07 Å². The summed E-state index contributed by atoms with van der Waals surface area (Å²) in [7, 11) is 0. The summed E-state index contributed by atoms with van der Waals surface area (Å²) in [5, 5.41) is 13.8. The first kappa shape index (κ1) is 13.6. The van der Waals surface area contributed by atoms with Crippen LogP contribution in [0.1, 0.15) is 30.8 Å². The van der Waals surface area contributed by atoms with Crippen molar-refractivity contribution in [2.45, 2.75) is 26.7 Å². The minimum absolute atomic E-state index is 0.578. The van der Waals surface area contributed by atoms with E-state index in [0.717, 1.165) is 40.1 Å². The van der Waals surface area contributed by atoms with Gasteiger partial charge in [0, 0.05) is 4.47 Å². The van der Waals surface area contributed by atoms with Gasteiger partial charge in [0.05, 0.1) is 28.3 Å². The molecule has 2 rings (SSSR count). The van der Waals surface area contributed by atoms with E-state index >= 15 is 0 Å². The van der Waals surface area contributed by atoms with Crippen LogP contribution in [0.2, 0.25) is 0 Å². The van der Waals surface area contributed by atoms with Gasteiger partial charge in [0.2, 0.25) is 0 Å². The normalized spacial score (nSPS) is 10.4. The molecule has 0 fully saturated rings. The predicted octanol–water partition coefficient (Wildman–Crippen LogP) is 3.21. The molecule has 2 N–H and O–H groups in total. The molecule has 0 saturated carbocycles. The first-order valence-electron chi connectivity index (χ1n) is 6.18. The van der Waals surface area contributed by atoms with E-state index in [0.29, 0.717) is 5.56 Å². The van der Waals surface area contributed by atoms with E-state index in [1.807, 2.05) is 26.0 Å². The molecule has 0 aliphatic heterocycles. The number of halogens is 1. The molecule has 0 unspecified atom stereocenters. The van der Waals surface area contributed by atoms with Gasteiger partial charge in [0.25, 0.3) is 0 Å². The number of nitriles is 1. The Labute approximate surface area is 121 Å². The predicted molar refractivity (Wildman–Crippen MR) is 79.1 cm³/mol. The van der Waals surface area contributed by atoms with Gasteiger partial charge in [-0.1, -0.05) is 29.8 Å². The Hall–Kier alpha value is -1.80. The minimum Gasteiger partial charge on any atom is -0.396 e. The summed E-state index contributed by atoms with van der Waals surface area (Å²) in [5.41, 5.74) is 10.0. The number of nitrogens with zero attached hydrogens (tertiary/aromatic N) is 3. The Morgan fingerprint density at radius 1 is 1.37 bits per heavy atom. The molecule has 19 heavy (non-hydrogen) atoms. The summed E-state index contributed by atoms with van der Waals surface area (Å²) in [4.78, 5) is 0. The average molecular weight is 319 g/mol. The summed E-state index contributed by atoms with van der Waals surface area (Å²) in [6.45, 7) is 4.06. The molecule has 0 aliphatic rings. The number of hydrogen-bond donors (Lipinski definition) is 1. The van der Waals surface area contributed by atoms with Crippen LogP contribution in [-0.2, 0) is 12.8 Å². The van der Waals surface area contributed by atoms with Crippen LogP contribution >= 0.6 is 15.9 Å². The van der Waals surface area contributed by atoms with E-state index in [1.54, 1.807) is 10.7 Å². The number of aryl methyl sites for hydroxylation is 1. The molecule has 4 nitrogen and oxygen atoms in total. The Morgan fingerprint density at radius 2 is 2.11 bits per heavy atom. The molecule has 0 bridgehead atoms. The van der Waals surface area contributed by atoms with Crippen molar-refractivity contribution in [3.05, 3.63) is 39.6 Å². The standard InChI is InChI=1S/C14H15BrN4/c1-3-11-14(17)12(4-2)19(18-11)13-6-5-10(15)7-9(13)8-16/h5-7H,3-4,17H2,1-2H3. The molecular weight excluding hydrogens is 304 g/mol. The highest BCUT2D eigenvalue weighted by Gasteiger charge is 2.16. The van der Waals surface area contributed by atoms with E-state index in [4.69, 9.17) is 5.73 Å². The molecular formula is C14H15BrN4. The van der Waals surface area contributed by atoms with Crippen LogP contribution in [-0.4, -0.2) is 9.78 Å². The molecule has 1 aromatic carbocycles. The number of rotatable bonds is 3. The van der Waals surface area contributed by atoms with E-state index in [2.05, 4.69) is 27.1 Å². The highest BCUT2D eigenvalue weighted by Crippen LogP contribution is 2.25. The zero-order valence-electron chi connectivity index (χ0n) is 10.9. The largest absolute Gasteiger partial charge is 0.396 e. The molecule has 0 radical (unpaired) electrons. The lowest BCUT2D eigenvalue weighted by Crippen LogP contribution is -2.04. The SMILES string of the molecule is CCc1nn(-c2ccc(Br)cc2C#N)c(CC)c1N. The van der Waals surface area contributed by atoms with Gasteiger partial charge in [-0.15, -0.1) is 0 Å². The van der Waals surface area contributed by atoms with E-state index in [1.165, 1.54) is 0 Å². The fraction of sp³-hybridized carbons (Fsp3) is 0.286. The van der Waals surface area contributed by atoms with E-state index < -0.39 is 0 Å². The van der Waals surface area contributed by atoms with Gasteiger partial charge >= 0.3 is 0 Å². The van der Waals surface area contributed by atoms with E-state index in [-0.39, 0.29) is 0 Å². The van der Waals surface area contributed by atoms with Crippen molar-refractivity contribution < 1.29 is 0 Å². The summed E-state index contributed by atoms with van der Waals surface area (Å²) >= 11 is 3.37. The first-order valence-corrected chi connectivity index (χ1v) is 6.97. The highest BCUT2D eigenvalue weighted by molar-refractivity contribution is 9.10. The maximum Gasteiger partial charge on any atom is 0.101 e. The van der Waals surface area contributed by atoms with Crippen LogP contribution in [0.5, 0.6) is 0 Å². The molecule has 1 aromatic heterocycles. The zero-order valence-corrected chi connectivity index (χ0v) is 12.5. The summed E-state index contributed by atoms with van der Waals surface area (Å²) < 4.78 is 2.67. The van der Waals surface area contributed by atoms with Crippen molar-refractivity contribution in [2.75, 3.05) is 5.73 Å². The van der Waals surface area contributed by atoms with Crippen LogP contribution in [0, 0.1) is 11.3 Å². The fourth-order valence-electron chi connectivity index (χ4n) is 2.10. The molecule has 0 aliphatic carbocycles. The molecule has 0 saturated heterocycles. The summed E-state index contributed by atoms with van der Waals surface area (Å²) in [6.07, 6.45) is 1.56. The van der Waals surface area contributed by atoms with Crippen molar-refractivity contribution in [3.8, 4) is 11.8 Å². The number of benzene rings is 1. The Morgan fingerprint density at radius 3 is 2.68 bits per heavy atom. The van der Waals surface area contributed by atoms with Gasteiger partial charge in [-0.25, -0.2) is 4.68 Å². The van der Waals surface area contributed by atoms with Crippen LogP contribution < -0.4 is 5.73 Å². The zero-order chi connectivity index (χ0) is 14.0. The topological polar surface area (TPSA) is 67.6 Å². The summed E-state index contributed by atoms with van der Waals surface area (Å²) in [6, 6.07) is 7.78. The first-order chi connectivity index (χ1) is 9.12. The lowest BCUT2D eigenvalue weighted by molar-refractivity contribution is 0.792. The molecule has 0 spiro atoms. The van der Waals surface area contributed by atoms with Crippen molar-refractivity contribution in [2.24, 2.45) is 0 Å². The van der Waals surface area contributed by atoms with Crippen molar-refractivity contribution in [3.63, 3.8) is 0 Å². The third-order valence-electron chi connectivity index (χ3n) is 3.08. The maximum absolute atomic E-state index is 9.26. The monoisotopic (exact) mass is 318 g/mol. The highest BCUT2D eigenvalue weighted by atomic mass is 79.9.